The average molecular weight is 220 g/mol. The molecule has 15 heavy (non-hydrogen) atoms. The highest BCUT2D eigenvalue weighted by Crippen LogP contribution is 2.38. The molecule has 0 saturated heterocycles. The van der Waals surface area contributed by atoms with Gasteiger partial charge in [0.2, 0.25) is 0 Å². The summed E-state index contributed by atoms with van der Waals surface area (Å²) in [5, 5.41) is 0.839. The summed E-state index contributed by atoms with van der Waals surface area (Å²) in [5.74, 6) is 1.82. The molecule has 0 amide bonds. The minimum absolute atomic E-state index is 0.839. The molecule has 2 atom stereocenters. The summed E-state index contributed by atoms with van der Waals surface area (Å²) in [6, 6.07) is 10.8. The van der Waals surface area contributed by atoms with Crippen LogP contribution in [0.4, 0.5) is 0 Å². The van der Waals surface area contributed by atoms with Crippen molar-refractivity contribution in [2.45, 2.75) is 43.3 Å². The highest BCUT2D eigenvalue weighted by atomic mass is 32.2. The summed E-state index contributed by atoms with van der Waals surface area (Å²) in [6.45, 7) is 4.79. The molecule has 2 rings (SSSR count). The Labute approximate surface area is 97.5 Å². The SMILES string of the molecule is CC1CC(C)CC(Sc2ccccc2)C1. The number of hydrogen-bond donors (Lipinski definition) is 0. The lowest BCUT2D eigenvalue weighted by Crippen LogP contribution is -2.21. The highest BCUT2D eigenvalue weighted by molar-refractivity contribution is 8.00. The Morgan fingerprint density at radius 2 is 1.53 bits per heavy atom. The van der Waals surface area contributed by atoms with Gasteiger partial charge in [-0.1, -0.05) is 32.0 Å². The van der Waals surface area contributed by atoms with Crippen molar-refractivity contribution < 1.29 is 0 Å². The third kappa shape index (κ3) is 3.27. The van der Waals surface area contributed by atoms with Gasteiger partial charge in [0.15, 0.2) is 0 Å². The quantitative estimate of drug-likeness (QED) is 0.701. The second-order valence-corrected chi connectivity index (χ2v) is 6.34. The van der Waals surface area contributed by atoms with Crippen molar-refractivity contribution in [3.8, 4) is 0 Å². The molecule has 1 aliphatic carbocycles. The second-order valence-electron chi connectivity index (χ2n) is 4.97. The van der Waals surface area contributed by atoms with E-state index in [1.165, 1.54) is 24.2 Å². The molecule has 0 bridgehead atoms. The normalized spacial score (nSPS) is 31.5. The molecule has 1 aromatic carbocycles. The molecule has 1 fully saturated rings. The fourth-order valence-corrected chi connectivity index (χ4v) is 4.21. The van der Waals surface area contributed by atoms with Gasteiger partial charge in [-0.05, 0) is 43.2 Å². The smallest absolute Gasteiger partial charge is 0.00994 e. The summed E-state index contributed by atoms with van der Waals surface area (Å²) in [4.78, 5) is 1.43. The first kappa shape index (κ1) is 11.1. The molecule has 0 nitrogen and oxygen atoms in total. The number of benzene rings is 1. The molecule has 1 aromatic rings. The van der Waals surface area contributed by atoms with E-state index in [2.05, 4.69) is 55.9 Å². The first-order valence-corrected chi connectivity index (χ1v) is 6.83. The molecule has 0 aliphatic heterocycles. The summed E-state index contributed by atoms with van der Waals surface area (Å²) in [6.07, 6.45) is 4.21. The van der Waals surface area contributed by atoms with Gasteiger partial charge in [0.05, 0.1) is 0 Å². The fourth-order valence-electron chi connectivity index (χ4n) is 2.66. The zero-order chi connectivity index (χ0) is 10.7. The minimum atomic E-state index is 0.839. The topological polar surface area (TPSA) is 0 Å². The molecule has 82 valence electrons. The Bertz CT molecular complexity index is 283. The van der Waals surface area contributed by atoms with Gasteiger partial charge in [-0.3, -0.25) is 0 Å². The van der Waals surface area contributed by atoms with Crippen molar-refractivity contribution in [2.24, 2.45) is 11.8 Å². The van der Waals surface area contributed by atoms with Crippen LogP contribution in [0.15, 0.2) is 35.2 Å². The third-order valence-corrected chi connectivity index (χ3v) is 4.44. The maximum Gasteiger partial charge on any atom is 0.00994 e. The van der Waals surface area contributed by atoms with Crippen LogP contribution >= 0.6 is 11.8 Å². The standard InChI is InChI=1S/C14H20S/c1-11-8-12(2)10-14(9-11)15-13-6-4-3-5-7-13/h3-7,11-12,14H,8-10H2,1-2H3. The Morgan fingerprint density at radius 1 is 0.933 bits per heavy atom. The molecule has 1 saturated carbocycles. The van der Waals surface area contributed by atoms with Crippen molar-refractivity contribution in [1.29, 1.82) is 0 Å². The first-order valence-electron chi connectivity index (χ1n) is 5.95. The average Bonchev–Trinajstić information content (AvgIpc) is 2.17. The first-order chi connectivity index (χ1) is 7.24. The van der Waals surface area contributed by atoms with E-state index in [1.54, 1.807) is 0 Å². The molecule has 0 aromatic heterocycles. The van der Waals surface area contributed by atoms with Gasteiger partial charge in [-0.2, -0.15) is 0 Å². The van der Waals surface area contributed by atoms with Gasteiger partial charge < -0.3 is 0 Å². The van der Waals surface area contributed by atoms with Crippen molar-refractivity contribution >= 4 is 11.8 Å². The summed E-state index contributed by atoms with van der Waals surface area (Å²) in [5.41, 5.74) is 0. The molecule has 1 heteroatoms. The van der Waals surface area contributed by atoms with Crippen molar-refractivity contribution in [3.05, 3.63) is 30.3 Å². The van der Waals surface area contributed by atoms with E-state index in [9.17, 15) is 0 Å². The summed E-state index contributed by atoms with van der Waals surface area (Å²) >= 11 is 2.07. The number of thioether (sulfide) groups is 1. The zero-order valence-corrected chi connectivity index (χ0v) is 10.5. The predicted molar refractivity (Wildman–Crippen MR) is 68.3 cm³/mol. The molecule has 0 N–H and O–H groups in total. The molecule has 1 aliphatic rings. The lowest BCUT2D eigenvalue weighted by Gasteiger charge is -2.30. The van der Waals surface area contributed by atoms with E-state index in [4.69, 9.17) is 0 Å². The van der Waals surface area contributed by atoms with E-state index in [-0.39, 0.29) is 0 Å². The fraction of sp³-hybridized carbons (Fsp3) is 0.571. The molecular weight excluding hydrogens is 200 g/mol. The Hall–Kier alpha value is -0.430. The van der Waals surface area contributed by atoms with E-state index in [1.807, 2.05) is 0 Å². The molecule has 0 spiro atoms. The van der Waals surface area contributed by atoms with E-state index < -0.39 is 0 Å². The van der Waals surface area contributed by atoms with Crippen molar-refractivity contribution in [1.82, 2.24) is 0 Å². The van der Waals surface area contributed by atoms with E-state index in [0.717, 1.165) is 17.1 Å². The van der Waals surface area contributed by atoms with Crippen LogP contribution in [0.1, 0.15) is 33.1 Å². The van der Waals surface area contributed by atoms with Gasteiger partial charge in [0.1, 0.15) is 0 Å². The van der Waals surface area contributed by atoms with Crippen LogP contribution in [0, 0.1) is 11.8 Å². The maximum atomic E-state index is 2.40. The summed E-state index contributed by atoms with van der Waals surface area (Å²) in [7, 11) is 0. The maximum absolute atomic E-state index is 2.40. The monoisotopic (exact) mass is 220 g/mol. The van der Waals surface area contributed by atoms with Gasteiger partial charge in [0, 0.05) is 10.1 Å². The Kier molecular flexibility index (Phi) is 3.74. The third-order valence-electron chi connectivity index (χ3n) is 3.18. The zero-order valence-electron chi connectivity index (χ0n) is 9.65. The summed E-state index contributed by atoms with van der Waals surface area (Å²) < 4.78 is 0. The second kappa shape index (κ2) is 5.07. The van der Waals surface area contributed by atoms with Gasteiger partial charge in [-0.15, -0.1) is 11.8 Å². The largest absolute Gasteiger partial charge is 0.123 e. The molecule has 0 radical (unpaired) electrons. The van der Waals surface area contributed by atoms with Crippen LogP contribution < -0.4 is 0 Å². The Balaban J connectivity index is 1.94. The minimum Gasteiger partial charge on any atom is -0.123 e. The van der Waals surface area contributed by atoms with Crippen LogP contribution in [-0.2, 0) is 0 Å². The molecular formula is C14H20S. The Morgan fingerprint density at radius 3 is 2.13 bits per heavy atom. The van der Waals surface area contributed by atoms with Crippen LogP contribution in [0.2, 0.25) is 0 Å². The molecule has 2 unspecified atom stereocenters. The number of rotatable bonds is 2. The predicted octanol–water partition coefficient (Wildman–Crippen LogP) is 4.60. The van der Waals surface area contributed by atoms with Crippen LogP contribution in [0.25, 0.3) is 0 Å². The van der Waals surface area contributed by atoms with Crippen molar-refractivity contribution in [3.63, 3.8) is 0 Å². The highest BCUT2D eigenvalue weighted by Gasteiger charge is 2.24. The number of hydrogen-bond acceptors (Lipinski definition) is 1. The van der Waals surface area contributed by atoms with E-state index in [0.29, 0.717) is 0 Å². The van der Waals surface area contributed by atoms with Gasteiger partial charge in [-0.25, -0.2) is 0 Å². The lowest BCUT2D eigenvalue weighted by molar-refractivity contribution is 0.309. The lowest BCUT2D eigenvalue weighted by atomic mass is 9.83. The van der Waals surface area contributed by atoms with Crippen LogP contribution in [-0.4, -0.2) is 5.25 Å². The molecule has 0 heterocycles. The van der Waals surface area contributed by atoms with Crippen LogP contribution in [0.5, 0.6) is 0 Å². The van der Waals surface area contributed by atoms with Crippen LogP contribution in [0.3, 0.4) is 0 Å². The van der Waals surface area contributed by atoms with E-state index >= 15 is 0 Å². The van der Waals surface area contributed by atoms with Gasteiger partial charge >= 0.3 is 0 Å². The van der Waals surface area contributed by atoms with Crippen molar-refractivity contribution in [2.75, 3.05) is 0 Å². The van der Waals surface area contributed by atoms with Gasteiger partial charge in [0.25, 0.3) is 0 Å².